The highest BCUT2D eigenvalue weighted by molar-refractivity contribution is 7.15. The third-order valence-electron chi connectivity index (χ3n) is 3.40. The maximum atomic E-state index is 10.5. The number of nitrogens with zero attached hydrogens (tertiary/aromatic N) is 2. The van der Waals surface area contributed by atoms with Gasteiger partial charge in [0.05, 0.1) is 6.42 Å². The average Bonchev–Trinajstić information content (AvgIpc) is 3.02. The molecule has 1 heterocycles. The topological polar surface area (TPSA) is 75.1 Å². The predicted molar refractivity (Wildman–Crippen MR) is 77.1 cm³/mol. The number of benzene rings is 1. The summed E-state index contributed by atoms with van der Waals surface area (Å²) in [4.78, 5) is 10.5. The Bertz CT molecular complexity index is 601. The summed E-state index contributed by atoms with van der Waals surface area (Å²) in [5.74, 6) is -0.805. The molecule has 1 aromatic heterocycles. The van der Waals surface area contributed by atoms with E-state index in [9.17, 15) is 4.79 Å². The van der Waals surface area contributed by atoms with Crippen molar-refractivity contribution in [3.8, 4) is 0 Å². The number of anilines is 1. The van der Waals surface area contributed by atoms with Crippen molar-refractivity contribution < 1.29 is 9.90 Å². The molecule has 0 aliphatic heterocycles. The van der Waals surface area contributed by atoms with Gasteiger partial charge in [0.2, 0.25) is 5.13 Å². The first-order chi connectivity index (χ1) is 9.70. The zero-order valence-electron chi connectivity index (χ0n) is 10.9. The van der Waals surface area contributed by atoms with E-state index in [-0.39, 0.29) is 6.42 Å². The van der Waals surface area contributed by atoms with Crippen molar-refractivity contribution in [2.45, 2.75) is 31.7 Å². The van der Waals surface area contributed by atoms with Crippen LogP contribution in [0.4, 0.5) is 5.13 Å². The van der Waals surface area contributed by atoms with Gasteiger partial charge in [0.15, 0.2) is 0 Å². The molecular formula is C14H15N3O2S. The summed E-state index contributed by atoms with van der Waals surface area (Å²) in [5, 5.41) is 21.7. The zero-order valence-corrected chi connectivity index (χ0v) is 11.7. The summed E-state index contributed by atoms with van der Waals surface area (Å²) >= 11 is 1.44. The Balaban J connectivity index is 1.58. The van der Waals surface area contributed by atoms with Crippen LogP contribution in [0.2, 0.25) is 0 Å². The van der Waals surface area contributed by atoms with Gasteiger partial charge in [-0.2, -0.15) is 0 Å². The van der Waals surface area contributed by atoms with E-state index in [4.69, 9.17) is 5.11 Å². The molecule has 3 rings (SSSR count). The van der Waals surface area contributed by atoms with Crippen LogP contribution in [0.1, 0.15) is 22.6 Å². The van der Waals surface area contributed by atoms with Gasteiger partial charge >= 0.3 is 5.97 Å². The van der Waals surface area contributed by atoms with Crippen molar-refractivity contribution in [3.05, 3.63) is 40.4 Å². The highest BCUT2D eigenvalue weighted by Crippen LogP contribution is 2.25. The number of hydrogen-bond donors (Lipinski definition) is 2. The number of aryl methyl sites for hydroxylation is 1. The molecule has 0 saturated carbocycles. The Morgan fingerprint density at radius 1 is 1.30 bits per heavy atom. The molecule has 0 amide bonds. The Morgan fingerprint density at radius 3 is 2.65 bits per heavy atom. The summed E-state index contributed by atoms with van der Waals surface area (Å²) in [6, 6.07) is 8.81. The standard InChI is InChI=1S/C14H15N3O2S/c18-13(19)6-5-12-16-17-14(20-12)15-11-7-9-3-1-2-4-10(9)8-11/h1-4,11H,5-8H2,(H,15,17)(H,18,19). The minimum atomic E-state index is -0.805. The van der Waals surface area contributed by atoms with Crippen LogP contribution in [0.3, 0.4) is 0 Å². The number of carbonyl (C=O) groups is 1. The molecule has 2 N–H and O–H groups in total. The molecule has 6 heteroatoms. The number of carboxylic acids is 1. The summed E-state index contributed by atoms with van der Waals surface area (Å²) in [5.41, 5.74) is 2.78. The Labute approximate surface area is 120 Å². The monoisotopic (exact) mass is 289 g/mol. The molecule has 20 heavy (non-hydrogen) atoms. The van der Waals surface area contributed by atoms with E-state index in [1.165, 1.54) is 22.5 Å². The molecular weight excluding hydrogens is 274 g/mol. The van der Waals surface area contributed by atoms with Crippen LogP contribution in [-0.2, 0) is 24.1 Å². The van der Waals surface area contributed by atoms with Crippen LogP contribution in [0.25, 0.3) is 0 Å². The number of nitrogens with one attached hydrogen (secondary N) is 1. The van der Waals surface area contributed by atoms with Crippen LogP contribution < -0.4 is 5.32 Å². The lowest BCUT2D eigenvalue weighted by molar-refractivity contribution is -0.136. The lowest BCUT2D eigenvalue weighted by Crippen LogP contribution is -2.19. The largest absolute Gasteiger partial charge is 0.481 e. The summed E-state index contributed by atoms with van der Waals surface area (Å²) in [6.45, 7) is 0. The van der Waals surface area contributed by atoms with Crippen molar-refractivity contribution in [1.29, 1.82) is 0 Å². The van der Waals surface area contributed by atoms with Gasteiger partial charge in [0, 0.05) is 12.5 Å². The second-order valence-corrected chi connectivity index (χ2v) is 5.97. The fraction of sp³-hybridized carbons (Fsp3) is 0.357. The van der Waals surface area contributed by atoms with Crippen molar-refractivity contribution in [2.24, 2.45) is 0 Å². The Hall–Kier alpha value is -1.95. The molecule has 0 radical (unpaired) electrons. The second kappa shape index (κ2) is 5.58. The fourth-order valence-electron chi connectivity index (χ4n) is 2.46. The van der Waals surface area contributed by atoms with Crippen molar-refractivity contribution in [2.75, 3.05) is 5.32 Å². The molecule has 0 bridgehead atoms. The Morgan fingerprint density at radius 2 is 2.00 bits per heavy atom. The van der Waals surface area contributed by atoms with E-state index in [1.54, 1.807) is 0 Å². The summed E-state index contributed by atoms with van der Waals surface area (Å²) in [7, 11) is 0. The molecule has 0 atom stereocenters. The maximum Gasteiger partial charge on any atom is 0.303 e. The first-order valence-corrected chi connectivity index (χ1v) is 7.40. The van der Waals surface area contributed by atoms with E-state index >= 15 is 0 Å². The number of aromatic nitrogens is 2. The maximum absolute atomic E-state index is 10.5. The van der Waals surface area contributed by atoms with E-state index in [0.717, 1.165) is 23.0 Å². The van der Waals surface area contributed by atoms with Gasteiger partial charge in [-0.3, -0.25) is 4.79 Å². The average molecular weight is 289 g/mol. The van der Waals surface area contributed by atoms with Gasteiger partial charge in [-0.1, -0.05) is 35.6 Å². The van der Waals surface area contributed by atoms with E-state index in [2.05, 4.69) is 39.8 Å². The third kappa shape index (κ3) is 2.96. The summed E-state index contributed by atoms with van der Waals surface area (Å²) in [6.07, 6.45) is 2.55. The SMILES string of the molecule is O=C(O)CCc1nnc(NC2Cc3ccccc3C2)s1. The van der Waals surface area contributed by atoms with Crippen LogP contribution in [0, 0.1) is 0 Å². The lowest BCUT2D eigenvalue weighted by Gasteiger charge is -2.09. The minimum absolute atomic E-state index is 0.101. The molecule has 0 saturated heterocycles. The Kier molecular flexibility index (Phi) is 3.64. The molecule has 104 valence electrons. The van der Waals surface area contributed by atoms with Crippen LogP contribution in [-0.4, -0.2) is 27.3 Å². The van der Waals surface area contributed by atoms with Crippen molar-refractivity contribution in [1.82, 2.24) is 10.2 Å². The first kappa shape index (κ1) is 13.1. The fourth-order valence-corrected chi connectivity index (χ4v) is 3.28. The van der Waals surface area contributed by atoms with Gasteiger partial charge in [-0.05, 0) is 24.0 Å². The second-order valence-electron chi connectivity index (χ2n) is 4.91. The molecule has 1 aliphatic carbocycles. The predicted octanol–water partition coefficient (Wildman–Crippen LogP) is 2.13. The first-order valence-electron chi connectivity index (χ1n) is 6.58. The quantitative estimate of drug-likeness (QED) is 0.882. The molecule has 0 unspecified atom stereocenters. The number of hydrogen-bond acceptors (Lipinski definition) is 5. The van der Waals surface area contributed by atoms with Crippen LogP contribution in [0.15, 0.2) is 24.3 Å². The van der Waals surface area contributed by atoms with Crippen LogP contribution >= 0.6 is 11.3 Å². The summed E-state index contributed by atoms with van der Waals surface area (Å²) < 4.78 is 0. The highest BCUT2D eigenvalue weighted by Gasteiger charge is 2.21. The normalized spacial score (nSPS) is 14.2. The van der Waals surface area contributed by atoms with Gasteiger partial charge in [-0.15, -0.1) is 10.2 Å². The van der Waals surface area contributed by atoms with Crippen molar-refractivity contribution >= 4 is 22.4 Å². The highest BCUT2D eigenvalue weighted by atomic mass is 32.1. The zero-order chi connectivity index (χ0) is 13.9. The number of carboxylic acid groups (broad SMARTS) is 1. The number of rotatable bonds is 5. The van der Waals surface area contributed by atoms with Gasteiger partial charge < -0.3 is 10.4 Å². The molecule has 0 fully saturated rings. The number of fused-ring (bicyclic) bond motifs is 1. The molecule has 2 aromatic rings. The third-order valence-corrected chi connectivity index (χ3v) is 4.31. The molecule has 1 aliphatic rings. The van der Waals surface area contributed by atoms with E-state index < -0.39 is 5.97 Å². The van der Waals surface area contributed by atoms with Gasteiger partial charge in [-0.25, -0.2) is 0 Å². The minimum Gasteiger partial charge on any atom is -0.481 e. The van der Waals surface area contributed by atoms with Gasteiger partial charge in [0.25, 0.3) is 0 Å². The van der Waals surface area contributed by atoms with E-state index in [0.29, 0.717) is 12.5 Å². The molecule has 5 nitrogen and oxygen atoms in total. The smallest absolute Gasteiger partial charge is 0.303 e. The number of aliphatic carboxylic acids is 1. The van der Waals surface area contributed by atoms with Crippen molar-refractivity contribution in [3.63, 3.8) is 0 Å². The molecule has 1 aromatic carbocycles. The van der Waals surface area contributed by atoms with E-state index in [1.807, 2.05) is 0 Å². The molecule has 0 spiro atoms. The van der Waals surface area contributed by atoms with Gasteiger partial charge in [0.1, 0.15) is 5.01 Å². The lowest BCUT2D eigenvalue weighted by atomic mass is 10.1. The van der Waals surface area contributed by atoms with Crippen LogP contribution in [0.5, 0.6) is 0 Å².